The van der Waals surface area contributed by atoms with E-state index in [1.165, 1.54) is 4.90 Å². The molecule has 0 bridgehead atoms. The number of nitrogens with zero attached hydrogens (tertiary/aromatic N) is 1. The summed E-state index contributed by atoms with van der Waals surface area (Å²) in [6.45, 7) is 3.94. The Kier molecular flexibility index (Phi) is 5.63. The van der Waals surface area contributed by atoms with Gasteiger partial charge in [0.25, 0.3) is 5.91 Å². The van der Waals surface area contributed by atoms with Crippen molar-refractivity contribution in [1.82, 2.24) is 0 Å². The van der Waals surface area contributed by atoms with Crippen molar-refractivity contribution in [3.63, 3.8) is 0 Å². The lowest BCUT2D eigenvalue weighted by Crippen LogP contribution is -2.25. The summed E-state index contributed by atoms with van der Waals surface area (Å²) >= 11 is 0. The van der Waals surface area contributed by atoms with Crippen molar-refractivity contribution in [3.05, 3.63) is 53.6 Å². The number of nitrogens with one attached hydrogen (secondary N) is 1. The summed E-state index contributed by atoms with van der Waals surface area (Å²) < 4.78 is 5.50. The van der Waals surface area contributed by atoms with Gasteiger partial charge in [0.1, 0.15) is 5.75 Å². The van der Waals surface area contributed by atoms with Crippen LogP contribution in [0.15, 0.2) is 42.5 Å². The molecule has 1 atom stereocenters. The number of carbonyl (C=O) groups excluding carboxylic acids is 2. The number of benzene rings is 2. The average Bonchev–Trinajstić information content (AvgIpc) is 3.06. The van der Waals surface area contributed by atoms with Gasteiger partial charge >= 0.3 is 5.97 Å². The Morgan fingerprint density at radius 3 is 2.54 bits per heavy atom. The van der Waals surface area contributed by atoms with Gasteiger partial charge < -0.3 is 20.1 Å². The summed E-state index contributed by atoms with van der Waals surface area (Å²) in [7, 11) is 0. The van der Waals surface area contributed by atoms with Gasteiger partial charge in [-0.3, -0.25) is 14.4 Å². The Hall–Kier alpha value is -3.35. The highest BCUT2D eigenvalue weighted by Crippen LogP contribution is 2.27. The molecule has 1 heterocycles. The topological polar surface area (TPSA) is 95.9 Å². The number of aryl methyl sites for hydroxylation is 1. The molecular weight excluding hydrogens is 360 g/mol. The summed E-state index contributed by atoms with van der Waals surface area (Å²) in [6.07, 6.45) is 0.00608. The van der Waals surface area contributed by atoms with Crippen molar-refractivity contribution in [2.24, 2.45) is 5.92 Å². The molecule has 0 aliphatic carbocycles. The van der Waals surface area contributed by atoms with Crippen LogP contribution in [-0.2, 0) is 14.4 Å². The van der Waals surface area contributed by atoms with Crippen LogP contribution in [0.2, 0.25) is 0 Å². The molecule has 2 aromatic rings. The van der Waals surface area contributed by atoms with E-state index in [9.17, 15) is 14.4 Å². The van der Waals surface area contributed by atoms with Crippen LogP contribution in [0.25, 0.3) is 0 Å². The number of amides is 2. The minimum absolute atomic E-state index is 0.00608. The van der Waals surface area contributed by atoms with Gasteiger partial charge in [0, 0.05) is 24.3 Å². The molecule has 1 saturated heterocycles. The van der Waals surface area contributed by atoms with Gasteiger partial charge in [0.2, 0.25) is 5.91 Å². The Morgan fingerprint density at radius 2 is 1.89 bits per heavy atom. The quantitative estimate of drug-likeness (QED) is 0.801. The first-order valence-corrected chi connectivity index (χ1v) is 8.97. The number of carboxylic acid groups (broad SMARTS) is 1. The van der Waals surface area contributed by atoms with Crippen LogP contribution in [0.3, 0.4) is 0 Å². The molecule has 7 nitrogen and oxygen atoms in total. The molecule has 146 valence electrons. The predicted molar refractivity (Wildman–Crippen MR) is 105 cm³/mol. The van der Waals surface area contributed by atoms with Crippen LogP contribution >= 0.6 is 0 Å². The van der Waals surface area contributed by atoms with E-state index < -0.39 is 11.9 Å². The molecule has 0 spiro atoms. The molecule has 3 rings (SSSR count). The number of carboxylic acids is 1. The van der Waals surface area contributed by atoms with E-state index in [4.69, 9.17) is 9.84 Å². The number of aliphatic carboxylic acids is 1. The molecular formula is C21H22N2O5. The van der Waals surface area contributed by atoms with Crippen molar-refractivity contribution in [2.45, 2.75) is 20.3 Å². The molecule has 2 aromatic carbocycles. The van der Waals surface area contributed by atoms with E-state index in [0.717, 1.165) is 16.8 Å². The van der Waals surface area contributed by atoms with Gasteiger partial charge in [-0.25, -0.2) is 0 Å². The van der Waals surface area contributed by atoms with E-state index in [0.29, 0.717) is 11.4 Å². The fraction of sp³-hybridized carbons (Fsp3) is 0.286. The minimum atomic E-state index is -0.967. The standard InChI is InChI=1S/C21H22N2O5/c1-13-4-3-5-18(14(13)2)22-19(24)12-28-17-8-6-16(7-9-17)23-11-15(21(26)27)10-20(23)25/h3-9,15H,10-12H2,1-2H3,(H,22,24)(H,26,27)/t15-/m0/s1. The largest absolute Gasteiger partial charge is 0.484 e. The van der Waals surface area contributed by atoms with Gasteiger partial charge in [-0.1, -0.05) is 12.1 Å². The average molecular weight is 382 g/mol. The second-order valence-corrected chi connectivity index (χ2v) is 6.82. The molecule has 0 unspecified atom stereocenters. The predicted octanol–water partition coefficient (Wildman–Crippen LogP) is 2.76. The van der Waals surface area contributed by atoms with Crippen LogP contribution in [-0.4, -0.2) is 36.0 Å². The highest BCUT2D eigenvalue weighted by molar-refractivity contribution is 5.99. The first-order valence-electron chi connectivity index (χ1n) is 8.97. The van der Waals surface area contributed by atoms with Gasteiger partial charge in [0.05, 0.1) is 5.92 Å². The van der Waals surface area contributed by atoms with Crippen molar-refractivity contribution in [2.75, 3.05) is 23.4 Å². The number of carbonyl (C=O) groups is 3. The third-order valence-electron chi connectivity index (χ3n) is 4.87. The number of hydrogen-bond donors (Lipinski definition) is 2. The molecule has 1 aliphatic rings. The second kappa shape index (κ2) is 8.12. The monoisotopic (exact) mass is 382 g/mol. The van der Waals surface area contributed by atoms with Crippen LogP contribution in [0.4, 0.5) is 11.4 Å². The Bertz CT molecular complexity index is 908. The molecule has 0 radical (unpaired) electrons. The van der Waals surface area contributed by atoms with Crippen molar-refractivity contribution >= 4 is 29.2 Å². The fourth-order valence-corrected chi connectivity index (χ4v) is 3.07. The number of hydrogen-bond acceptors (Lipinski definition) is 4. The van der Waals surface area contributed by atoms with Crippen LogP contribution in [0, 0.1) is 19.8 Å². The van der Waals surface area contributed by atoms with Gasteiger partial charge in [-0.2, -0.15) is 0 Å². The second-order valence-electron chi connectivity index (χ2n) is 6.82. The lowest BCUT2D eigenvalue weighted by molar-refractivity contribution is -0.141. The molecule has 0 aromatic heterocycles. The molecule has 2 amide bonds. The molecule has 1 fully saturated rings. The van der Waals surface area contributed by atoms with Gasteiger partial charge in [0.15, 0.2) is 6.61 Å². The maximum atomic E-state index is 12.1. The number of anilines is 2. The van der Waals surface area contributed by atoms with E-state index >= 15 is 0 Å². The third kappa shape index (κ3) is 4.31. The number of rotatable bonds is 6. The SMILES string of the molecule is Cc1cccc(NC(=O)COc2ccc(N3C[C@@H](C(=O)O)CC3=O)cc2)c1C. The van der Waals surface area contributed by atoms with Crippen LogP contribution in [0.1, 0.15) is 17.5 Å². The highest BCUT2D eigenvalue weighted by Gasteiger charge is 2.34. The van der Waals surface area contributed by atoms with Crippen LogP contribution in [0.5, 0.6) is 5.75 Å². The highest BCUT2D eigenvalue weighted by atomic mass is 16.5. The number of ether oxygens (including phenoxy) is 1. The lowest BCUT2D eigenvalue weighted by Gasteiger charge is -2.16. The minimum Gasteiger partial charge on any atom is -0.484 e. The third-order valence-corrected chi connectivity index (χ3v) is 4.87. The molecule has 28 heavy (non-hydrogen) atoms. The summed E-state index contributed by atoms with van der Waals surface area (Å²) in [4.78, 5) is 36.6. The van der Waals surface area contributed by atoms with E-state index in [1.807, 2.05) is 32.0 Å². The van der Waals surface area contributed by atoms with Gasteiger partial charge in [-0.05, 0) is 55.3 Å². The molecule has 1 aliphatic heterocycles. The van der Waals surface area contributed by atoms with Crippen molar-refractivity contribution < 1.29 is 24.2 Å². The molecule has 7 heteroatoms. The first-order chi connectivity index (χ1) is 13.3. The van der Waals surface area contributed by atoms with E-state index in [2.05, 4.69) is 5.32 Å². The van der Waals surface area contributed by atoms with Crippen molar-refractivity contribution in [1.29, 1.82) is 0 Å². The first kappa shape index (κ1) is 19.4. The zero-order chi connectivity index (χ0) is 20.3. The Morgan fingerprint density at radius 1 is 1.18 bits per heavy atom. The summed E-state index contributed by atoms with van der Waals surface area (Å²) in [5, 5.41) is 11.9. The normalized spacial score (nSPS) is 16.1. The maximum absolute atomic E-state index is 12.1. The van der Waals surface area contributed by atoms with E-state index in [1.54, 1.807) is 24.3 Å². The maximum Gasteiger partial charge on any atom is 0.308 e. The van der Waals surface area contributed by atoms with Crippen LogP contribution < -0.4 is 15.0 Å². The van der Waals surface area contributed by atoms with Crippen molar-refractivity contribution in [3.8, 4) is 5.75 Å². The van der Waals surface area contributed by atoms with E-state index in [-0.39, 0.29) is 31.4 Å². The van der Waals surface area contributed by atoms with Gasteiger partial charge in [-0.15, -0.1) is 0 Å². The zero-order valence-corrected chi connectivity index (χ0v) is 15.8. The zero-order valence-electron chi connectivity index (χ0n) is 15.8. The lowest BCUT2D eigenvalue weighted by atomic mass is 10.1. The Balaban J connectivity index is 1.56. The summed E-state index contributed by atoms with van der Waals surface area (Å²) in [6, 6.07) is 12.4. The Labute approximate surface area is 162 Å². The summed E-state index contributed by atoms with van der Waals surface area (Å²) in [5.41, 5.74) is 3.47. The summed E-state index contributed by atoms with van der Waals surface area (Å²) in [5.74, 6) is -1.64. The molecule has 2 N–H and O–H groups in total. The smallest absolute Gasteiger partial charge is 0.308 e. The molecule has 0 saturated carbocycles. The fourth-order valence-electron chi connectivity index (χ4n) is 3.07.